The van der Waals surface area contributed by atoms with Crippen LogP contribution in [0.3, 0.4) is 0 Å². The lowest BCUT2D eigenvalue weighted by Gasteiger charge is -2.30. The highest BCUT2D eigenvalue weighted by Crippen LogP contribution is 2.41. The summed E-state index contributed by atoms with van der Waals surface area (Å²) in [6.45, 7) is 14.6. The Morgan fingerprint density at radius 1 is 0.941 bits per heavy atom. The van der Waals surface area contributed by atoms with Crippen molar-refractivity contribution in [3.05, 3.63) is 71.0 Å². The van der Waals surface area contributed by atoms with Gasteiger partial charge in [0, 0.05) is 36.6 Å². The second-order valence-corrected chi connectivity index (χ2v) is 17.3. The fourth-order valence-electron chi connectivity index (χ4n) is 5.74. The van der Waals surface area contributed by atoms with Crippen molar-refractivity contribution in [2.75, 3.05) is 30.2 Å². The Kier molecular flexibility index (Phi) is 11.2. The van der Waals surface area contributed by atoms with Crippen molar-refractivity contribution < 1.29 is 37.1 Å². The number of pyridine rings is 1. The molecular weight excluding hydrogens is 673 g/mol. The second kappa shape index (κ2) is 15.1. The van der Waals surface area contributed by atoms with E-state index < -0.39 is 32.9 Å². The summed E-state index contributed by atoms with van der Waals surface area (Å²) < 4.78 is 45.6. The summed E-state index contributed by atoms with van der Waals surface area (Å²) in [7, 11) is -2.14. The summed E-state index contributed by atoms with van der Waals surface area (Å²) in [5, 5.41) is 4.17. The Morgan fingerprint density at radius 3 is 2.25 bits per heavy atom. The molecule has 1 aromatic heterocycles. The van der Waals surface area contributed by atoms with Crippen LogP contribution in [0.15, 0.2) is 48.7 Å². The van der Waals surface area contributed by atoms with Gasteiger partial charge in [-0.15, -0.1) is 5.06 Å². The molecule has 51 heavy (non-hydrogen) atoms. The van der Waals surface area contributed by atoms with E-state index in [1.807, 2.05) is 45.9 Å². The van der Waals surface area contributed by atoms with E-state index in [0.29, 0.717) is 54.6 Å². The lowest BCUT2D eigenvalue weighted by Crippen LogP contribution is -2.38. The van der Waals surface area contributed by atoms with Crippen molar-refractivity contribution in [3.8, 4) is 17.2 Å². The highest BCUT2D eigenvalue weighted by Gasteiger charge is 2.37. The van der Waals surface area contributed by atoms with Gasteiger partial charge >= 0.3 is 6.16 Å². The fourth-order valence-corrected chi connectivity index (χ4v) is 7.13. The van der Waals surface area contributed by atoms with Gasteiger partial charge in [0.15, 0.2) is 5.75 Å². The molecule has 1 aliphatic heterocycles. The molecule has 13 heteroatoms. The van der Waals surface area contributed by atoms with Crippen molar-refractivity contribution in [2.45, 2.75) is 96.8 Å². The number of carbonyl (C=O) groups excluding carboxylic acids is 2. The number of nitrogens with one attached hydrogen (secondary N) is 2. The van der Waals surface area contributed by atoms with Crippen LogP contribution in [0.2, 0.25) is 0 Å². The van der Waals surface area contributed by atoms with Gasteiger partial charge in [0.2, 0.25) is 10.0 Å². The molecule has 3 aromatic rings. The molecule has 2 aromatic carbocycles. The summed E-state index contributed by atoms with van der Waals surface area (Å²) >= 11 is 0. The molecule has 0 spiro atoms. The van der Waals surface area contributed by atoms with Gasteiger partial charge in [-0.3, -0.25) is 14.5 Å². The monoisotopic (exact) mass is 722 g/mol. The number of ether oxygens (including phenoxy) is 3. The van der Waals surface area contributed by atoms with Gasteiger partial charge in [-0.1, -0.05) is 26.8 Å². The Hall–Kier alpha value is -4.36. The number of hydrogen-bond acceptors (Lipinski definition) is 10. The van der Waals surface area contributed by atoms with Gasteiger partial charge in [0.25, 0.3) is 5.91 Å². The number of hydroxylamine groups is 2. The van der Waals surface area contributed by atoms with Crippen molar-refractivity contribution in [3.63, 3.8) is 0 Å². The van der Waals surface area contributed by atoms with Crippen molar-refractivity contribution in [1.82, 2.24) is 10.0 Å². The molecule has 2 heterocycles. The molecule has 276 valence electrons. The van der Waals surface area contributed by atoms with Gasteiger partial charge in [0.1, 0.15) is 17.1 Å². The maximum absolute atomic E-state index is 13.7. The van der Waals surface area contributed by atoms with Crippen LogP contribution in [-0.2, 0) is 31.4 Å². The third-order valence-corrected chi connectivity index (χ3v) is 10.6. The van der Waals surface area contributed by atoms with Crippen molar-refractivity contribution >= 4 is 33.5 Å². The largest absolute Gasteiger partial charge is 0.528 e. The number of aromatic nitrogens is 1. The zero-order valence-corrected chi connectivity index (χ0v) is 31.6. The predicted molar refractivity (Wildman–Crippen MR) is 196 cm³/mol. The quantitative estimate of drug-likeness (QED) is 0.188. The lowest BCUT2D eigenvalue weighted by atomic mass is 9.86. The van der Waals surface area contributed by atoms with E-state index in [2.05, 4.69) is 15.0 Å². The number of nitrogens with zero attached hydrogens (tertiary/aromatic N) is 2. The van der Waals surface area contributed by atoms with Gasteiger partial charge < -0.3 is 24.4 Å². The summed E-state index contributed by atoms with van der Waals surface area (Å²) in [6, 6.07) is 12.5. The van der Waals surface area contributed by atoms with Crippen LogP contribution in [0.25, 0.3) is 0 Å². The normalized spacial score (nSPS) is 15.9. The third kappa shape index (κ3) is 10.4. The average molecular weight is 723 g/mol. The highest BCUT2D eigenvalue weighted by molar-refractivity contribution is 7.93. The summed E-state index contributed by atoms with van der Waals surface area (Å²) in [6.07, 6.45) is 4.67. The number of rotatable bonds is 11. The van der Waals surface area contributed by atoms with Crippen LogP contribution in [-0.4, -0.2) is 61.6 Å². The molecule has 0 radical (unpaired) electrons. The van der Waals surface area contributed by atoms with Crippen LogP contribution in [0.4, 0.5) is 16.2 Å². The van der Waals surface area contributed by atoms with Crippen LogP contribution in [0, 0.1) is 12.8 Å². The Bertz CT molecular complexity index is 1850. The fraction of sp³-hybridized carbons (Fsp3) is 0.500. The van der Waals surface area contributed by atoms with Crippen LogP contribution in [0.1, 0.15) is 94.4 Å². The number of sulfonamides is 1. The van der Waals surface area contributed by atoms with Crippen molar-refractivity contribution in [2.24, 2.45) is 5.92 Å². The average Bonchev–Trinajstić information content (AvgIpc) is 3.89. The predicted octanol–water partition coefficient (Wildman–Crippen LogP) is 7.77. The molecular formula is C38H50N4O8S. The Labute approximate surface area is 301 Å². The molecule has 2 fully saturated rings. The molecule has 5 rings (SSSR count). The first-order chi connectivity index (χ1) is 23.9. The number of anilines is 2. The summed E-state index contributed by atoms with van der Waals surface area (Å²) in [5.41, 5.74) is 2.59. The van der Waals surface area contributed by atoms with E-state index >= 15 is 0 Å². The lowest BCUT2D eigenvalue weighted by molar-refractivity contribution is -0.155. The third-order valence-electron chi connectivity index (χ3n) is 8.75. The molecule has 0 unspecified atom stereocenters. The minimum absolute atomic E-state index is 0.231. The zero-order valence-electron chi connectivity index (χ0n) is 30.8. The van der Waals surface area contributed by atoms with E-state index in [9.17, 15) is 18.0 Å². The van der Waals surface area contributed by atoms with Crippen LogP contribution < -0.4 is 19.5 Å². The zero-order chi connectivity index (χ0) is 37.1. The van der Waals surface area contributed by atoms with Crippen LogP contribution >= 0.6 is 0 Å². The highest BCUT2D eigenvalue weighted by atomic mass is 32.2. The number of methoxy groups -OCH3 is 1. The maximum atomic E-state index is 13.7. The molecule has 0 bridgehead atoms. The van der Waals surface area contributed by atoms with E-state index in [-0.39, 0.29) is 16.9 Å². The van der Waals surface area contributed by atoms with E-state index in [1.165, 1.54) is 7.11 Å². The van der Waals surface area contributed by atoms with Gasteiger partial charge in [0.05, 0.1) is 23.7 Å². The number of carbonyl (C=O) groups is 2. The molecule has 1 saturated carbocycles. The number of piperidine rings is 1. The SMILES string of the molecule is COc1c(NC(=O)c2ccc(C)c(Oc3ccnc(CC4CCN(OC(=O)OC(C)(C)C)CC4)c3)c2)cc(C(C)(C)C)cc1NS(=O)(=O)C1CC1. The first-order valence-corrected chi connectivity index (χ1v) is 18.9. The molecule has 12 nitrogen and oxygen atoms in total. The van der Waals surface area contributed by atoms with Crippen LogP contribution in [0.5, 0.6) is 17.2 Å². The van der Waals surface area contributed by atoms with Gasteiger partial charge in [-0.05, 0) is 113 Å². The molecule has 1 amide bonds. The minimum atomic E-state index is -3.58. The Morgan fingerprint density at radius 2 is 1.63 bits per heavy atom. The standard InChI is InChI=1S/C38H50N4O8S/c1-24-9-10-26(35(43)40-31-21-27(37(2,3)4)22-32(34(31)47-8)41-51(45,46)30-11-12-30)20-33(24)48-29-13-16-39-28(23-29)19-25-14-17-42(18-15-25)50-36(44)49-38(5,6)7/h9-10,13,16,20-23,25,30,41H,11-12,14-15,17-19H2,1-8H3,(H,40,43). The molecule has 1 aliphatic carbocycles. The van der Waals surface area contributed by atoms with E-state index in [1.54, 1.807) is 56.3 Å². The Balaban J connectivity index is 1.26. The molecule has 0 atom stereocenters. The van der Waals surface area contributed by atoms with Crippen molar-refractivity contribution in [1.29, 1.82) is 0 Å². The smallest absolute Gasteiger partial charge is 0.492 e. The maximum Gasteiger partial charge on any atom is 0.528 e. The molecule has 2 N–H and O–H groups in total. The van der Waals surface area contributed by atoms with E-state index in [0.717, 1.165) is 36.1 Å². The number of benzene rings is 2. The topological polar surface area (TPSA) is 145 Å². The molecule has 2 aliphatic rings. The first-order valence-electron chi connectivity index (χ1n) is 17.3. The second-order valence-electron chi connectivity index (χ2n) is 15.4. The molecule has 1 saturated heterocycles. The summed E-state index contributed by atoms with van der Waals surface area (Å²) in [4.78, 5) is 35.6. The van der Waals surface area contributed by atoms with Gasteiger partial charge in [-0.25, -0.2) is 13.2 Å². The summed E-state index contributed by atoms with van der Waals surface area (Å²) in [5.74, 6) is 1.30. The minimum Gasteiger partial charge on any atom is -0.492 e. The number of hydrogen-bond donors (Lipinski definition) is 2. The first kappa shape index (κ1) is 37.9. The van der Waals surface area contributed by atoms with Gasteiger partial charge in [-0.2, -0.15) is 0 Å². The number of amides is 1. The number of aryl methyl sites for hydroxylation is 1. The van der Waals surface area contributed by atoms with E-state index in [4.69, 9.17) is 19.0 Å².